The third kappa shape index (κ3) is 1.02. The summed E-state index contributed by atoms with van der Waals surface area (Å²) < 4.78 is 0. The van der Waals surface area contributed by atoms with E-state index in [1.807, 2.05) is 0 Å². The summed E-state index contributed by atoms with van der Waals surface area (Å²) in [6, 6.07) is 2.09. The Labute approximate surface area is 70.1 Å². The zero-order valence-electron chi connectivity index (χ0n) is 6.46. The standard InChI is InChI=1S/C9H10OS/c1-6-4-5-11-9(6)7-2-3-8(7)10/h4-5,7H,2-3H2,1H3. The van der Waals surface area contributed by atoms with E-state index < -0.39 is 0 Å². The molecule has 11 heavy (non-hydrogen) atoms. The maximum absolute atomic E-state index is 11.1. The first-order valence-corrected chi connectivity index (χ1v) is 4.73. The normalized spacial score (nSPS) is 23.4. The first kappa shape index (κ1) is 7.04. The van der Waals surface area contributed by atoms with E-state index in [9.17, 15) is 4.79 Å². The molecular formula is C9H10OS. The highest BCUT2D eigenvalue weighted by atomic mass is 32.1. The molecule has 0 aromatic carbocycles. The van der Waals surface area contributed by atoms with Gasteiger partial charge in [0.15, 0.2) is 0 Å². The number of hydrogen-bond donors (Lipinski definition) is 0. The highest BCUT2D eigenvalue weighted by molar-refractivity contribution is 7.10. The zero-order chi connectivity index (χ0) is 7.84. The van der Waals surface area contributed by atoms with Crippen LogP contribution >= 0.6 is 11.3 Å². The SMILES string of the molecule is Cc1ccsc1C1CCC1=O. The van der Waals surface area contributed by atoms with E-state index in [1.54, 1.807) is 11.3 Å². The van der Waals surface area contributed by atoms with Crippen LogP contribution < -0.4 is 0 Å². The fraction of sp³-hybridized carbons (Fsp3) is 0.444. The minimum atomic E-state index is 0.259. The van der Waals surface area contributed by atoms with Crippen LogP contribution in [0.3, 0.4) is 0 Å². The molecule has 1 saturated carbocycles. The molecule has 1 aliphatic carbocycles. The molecule has 1 nitrogen and oxygen atoms in total. The van der Waals surface area contributed by atoms with E-state index in [0.29, 0.717) is 5.78 Å². The Morgan fingerprint density at radius 1 is 1.64 bits per heavy atom. The number of ketones is 1. The monoisotopic (exact) mass is 166 g/mol. The first-order valence-electron chi connectivity index (χ1n) is 3.86. The molecule has 1 fully saturated rings. The van der Waals surface area contributed by atoms with Crippen molar-refractivity contribution in [1.29, 1.82) is 0 Å². The maximum atomic E-state index is 11.1. The van der Waals surface area contributed by atoms with Gasteiger partial charge in [0.05, 0.1) is 5.92 Å². The van der Waals surface area contributed by atoms with Crippen LogP contribution in [0.1, 0.15) is 29.2 Å². The Bertz CT molecular complexity index is 288. The molecule has 1 aromatic rings. The van der Waals surface area contributed by atoms with Crippen LogP contribution in [0.15, 0.2) is 11.4 Å². The average Bonchev–Trinajstić information content (AvgIpc) is 2.34. The Kier molecular flexibility index (Phi) is 1.57. The van der Waals surface area contributed by atoms with Gasteiger partial charge < -0.3 is 0 Å². The van der Waals surface area contributed by atoms with Crippen LogP contribution in [0, 0.1) is 6.92 Å². The van der Waals surface area contributed by atoms with Gasteiger partial charge in [-0.3, -0.25) is 4.79 Å². The summed E-state index contributed by atoms with van der Waals surface area (Å²) in [5.74, 6) is 0.686. The largest absolute Gasteiger partial charge is 0.299 e. The van der Waals surface area contributed by atoms with Gasteiger partial charge in [-0.15, -0.1) is 11.3 Å². The molecule has 0 aliphatic heterocycles. The molecule has 0 N–H and O–H groups in total. The van der Waals surface area contributed by atoms with Gasteiger partial charge in [0, 0.05) is 11.3 Å². The highest BCUT2D eigenvalue weighted by Crippen LogP contribution is 2.37. The molecule has 58 valence electrons. The fourth-order valence-corrected chi connectivity index (χ4v) is 2.51. The molecule has 0 bridgehead atoms. The van der Waals surface area contributed by atoms with Gasteiger partial charge in [-0.1, -0.05) is 0 Å². The summed E-state index contributed by atoms with van der Waals surface area (Å²) in [7, 11) is 0. The van der Waals surface area contributed by atoms with Crippen molar-refractivity contribution < 1.29 is 4.79 Å². The first-order chi connectivity index (χ1) is 5.29. The molecular weight excluding hydrogens is 156 g/mol. The molecule has 0 spiro atoms. The number of rotatable bonds is 1. The number of carbonyl (C=O) groups excluding carboxylic acids is 1. The van der Waals surface area contributed by atoms with Crippen molar-refractivity contribution in [3.63, 3.8) is 0 Å². The Morgan fingerprint density at radius 2 is 2.45 bits per heavy atom. The third-order valence-electron chi connectivity index (χ3n) is 2.29. The number of thiophene rings is 1. The molecule has 1 unspecified atom stereocenters. The second-order valence-corrected chi connectivity index (χ2v) is 3.97. The molecule has 2 rings (SSSR count). The molecule has 1 aromatic heterocycles. The van der Waals surface area contributed by atoms with Crippen LogP contribution in [-0.2, 0) is 4.79 Å². The lowest BCUT2D eigenvalue weighted by Gasteiger charge is -2.23. The van der Waals surface area contributed by atoms with Gasteiger partial charge in [-0.25, -0.2) is 0 Å². The maximum Gasteiger partial charge on any atom is 0.141 e. The van der Waals surface area contributed by atoms with E-state index in [1.165, 1.54) is 10.4 Å². The summed E-state index contributed by atoms with van der Waals surface area (Å²) in [5, 5.41) is 2.07. The summed E-state index contributed by atoms with van der Waals surface area (Å²) in [6.07, 6.45) is 1.86. The topological polar surface area (TPSA) is 17.1 Å². The smallest absolute Gasteiger partial charge is 0.141 e. The number of hydrogen-bond acceptors (Lipinski definition) is 2. The molecule has 0 radical (unpaired) electrons. The van der Waals surface area contributed by atoms with Crippen LogP contribution in [0.4, 0.5) is 0 Å². The van der Waals surface area contributed by atoms with Crippen molar-refractivity contribution in [3.8, 4) is 0 Å². The van der Waals surface area contributed by atoms with E-state index in [4.69, 9.17) is 0 Å². The number of carbonyl (C=O) groups is 1. The summed E-state index contributed by atoms with van der Waals surface area (Å²) >= 11 is 1.72. The molecule has 1 heterocycles. The minimum Gasteiger partial charge on any atom is -0.299 e. The molecule has 1 aliphatic rings. The van der Waals surface area contributed by atoms with Crippen molar-refractivity contribution >= 4 is 17.1 Å². The quantitative estimate of drug-likeness (QED) is 0.626. The fourth-order valence-electron chi connectivity index (χ4n) is 1.43. The van der Waals surface area contributed by atoms with Crippen LogP contribution in [0.25, 0.3) is 0 Å². The van der Waals surface area contributed by atoms with Crippen molar-refractivity contribution in [1.82, 2.24) is 0 Å². The lowest BCUT2D eigenvalue weighted by atomic mass is 9.82. The Morgan fingerprint density at radius 3 is 2.82 bits per heavy atom. The number of aryl methyl sites for hydroxylation is 1. The van der Waals surface area contributed by atoms with Crippen LogP contribution in [0.5, 0.6) is 0 Å². The second-order valence-electron chi connectivity index (χ2n) is 3.03. The van der Waals surface area contributed by atoms with Crippen molar-refractivity contribution in [3.05, 3.63) is 21.9 Å². The van der Waals surface area contributed by atoms with Gasteiger partial charge in [0.1, 0.15) is 5.78 Å². The van der Waals surface area contributed by atoms with E-state index in [-0.39, 0.29) is 5.92 Å². The van der Waals surface area contributed by atoms with Crippen molar-refractivity contribution in [2.75, 3.05) is 0 Å². The predicted molar refractivity (Wildman–Crippen MR) is 46.0 cm³/mol. The average molecular weight is 166 g/mol. The minimum absolute atomic E-state index is 0.259. The van der Waals surface area contributed by atoms with Crippen LogP contribution in [0.2, 0.25) is 0 Å². The lowest BCUT2D eigenvalue weighted by Crippen LogP contribution is -2.22. The summed E-state index contributed by atoms with van der Waals surface area (Å²) in [5.41, 5.74) is 1.29. The molecule has 0 saturated heterocycles. The Hall–Kier alpha value is -0.630. The Balaban J connectivity index is 2.29. The summed E-state index contributed by atoms with van der Waals surface area (Å²) in [6.45, 7) is 2.08. The van der Waals surface area contributed by atoms with Gasteiger partial charge in [-0.05, 0) is 30.4 Å². The van der Waals surface area contributed by atoms with Gasteiger partial charge >= 0.3 is 0 Å². The van der Waals surface area contributed by atoms with E-state index >= 15 is 0 Å². The molecule has 2 heteroatoms. The molecule has 0 amide bonds. The predicted octanol–water partition coefficient (Wildman–Crippen LogP) is 2.50. The van der Waals surface area contributed by atoms with Crippen LogP contribution in [-0.4, -0.2) is 5.78 Å². The highest BCUT2D eigenvalue weighted by Gasteiger charge is 2.31. The molecule has 1 atom stereocenters. The number of Topliss-reactive ketones (excluding diaryl/α,β-unsaturated/α-hetero) is 1. The zero-order valence-corrected chi connectivity index (χ0v) is 7.28. The van der Waals surface area contributed by atoms with E-state index in [0.717, 1.165) is 12.8 Å². The lowest BCUT2D eigenvalue weighted by molar-refractivity contribution is -0.125. The second kappa shape index (κ2) is 2.45. The van der Waals surface area contributed by atoms with Crippen molar-refractivity contribution in [2.24, 2.45) is 0 Å². The van der Waals surface area contributed by atoms with Crippen molar-refractivity contribution in [2.45, 2.75) is 25.7 Å². The van der Waals surface area contributed by atoms with E-state index in [2.05, 4.69) is 18.4 Å². The van der Waals surface area contributed by atoms with Gasteiger partial charge in [-0.2, -0.15) is 0 Å². The van der Waals surface area contributed by atoms with Gasteiger partial charge in [0.2, 0.25) is 0 Å². The third-order valence-corrected chi connectivity index (χ3v) is 3.42. The summed E-state index contributed by atoms with van der Waals surface area (Å²) in [4.78, 5) is 12.4. The van der Waals surface area contributed by atoms with Gasteiger partial charge in [0.25, 0.3) is 0 Å².